The molecule has 9 nitrogen and oxygen atoms in total. The molecule has 2 amide bonds. The number of hydrogen-bond donors (Lipinski definition) is 1. The van der Waals surface area contributed by atoms with Crippen molar-refractivity contribution in [3.05, 3.63) is 27.1 Å². The van der Waals surface area contributed by atoms with Gasteiger partial charge in [-0.2, -0.15) is 0 Å². The van der Waals surface area contributed by atoms with E-state index in [2.05, 4.69) is 15.9 Å². The Morgan fingerprint density at radius 1 is 1.34 bits per heavy atom. The summed E-state index contributed by atoms with van der Waals surface area (Å²) in [6.45, 7) is 2.64. The summed E-state index contributed by atoms with van der Waals surface area (Å²) in [4.78, 5) is 48.5. The number of rotatable bonds is 8. The number of benzene rings is 1. The molecule has 0 radical (unpaired) electrons. The first kappa shape index (κ1) is 22.8. The van der Waals surface area contributed by atoms with Gasteiger partial charge in [0.1, 0.15) is 6.04 Å². The van der Waals surface area contributed by atoms with Crippen LogP contribution in [-0.2, 0) is 19.1 Å². The lowest BCUT2D eigenvalue weighted by Crippen LogP contribution is -2.42. The van der Waals surface area contributed by atoms with Crippen LogP contribution in [0.2, 0.25) is 0 Å². The van der Waals surface area contributed by atoms with E-state index >= 15 is 0 Å². The lowest BCUT2D eigenvalue weighted by atomic mass is 10.1. The zero-order valence-corrected chi connectivity index (χ0v) is 18.2. The molecule has 1 aromatic rings. The third kappa shape index (κ3) is 5.30. The highest BCUT2D eigenvalue weighted by Gasteiger charge is 2.41. The fourth-order valence-electron chi connectivity index (χ4n) is 2.43. The lowest BCUT2D eigenvalue weighted by Gasteiger charge is -2.19. The molecule has 1 aliphatic heterocycles. The number of carboxylic acids is 1. The van der Waals surface area contributed by atoms with E-state index in [1.807, 2.05) is 0 Å². The highest BCUT2D eigenvalue weighted by atomic mass is 79.9. The molecule has 0 bridgehead atoms. The van der Waals surface area contributed by atoms with Gasteiger partial charge >= 0.3 is 11.9 Å². The molecule has 1 saturated heterocycles. The summed E-state index contributed by atoms with van der Waals surface area (Å²) in [7, 11) is 1.38. The first-order chi connectivity index (χ1) is 13.7. The summed E-state index contributed by atoms with van der Waals surface area (Å²) in [5, 5.41) is 8.19. The van der Waals surface area contributed by atoms with Gasteiger partial charge in [0.05, 0.1) is 23.1 Å². The van der Waals surface area contributed by atoms with E-state index in [0.29, 0.717) is 21.8 Å². The number of nitrogens with zero attached hydrogens (tertiary/aromatic N) is 1. The second kappa shape index (κ2) is 9.79. The van der Waals surface area contributed by atoms with E-state index in [1.54, 1.807) is 13.0 Å². The molecule has 0 aliphatic carbocycles. The molecule has 1 aliphatic rings. The van der Waals surface area contributed by atoms with E-state index in [9.17, 15) is 19.2 Å². The van der Waals surface area contributed by atoms with Gasteiger partial charge in [-0.15, -0.1) is 0 Å². The normalized spacial score (nSPS) is 16.1. The molecule has 1 N–H and O–H groups in total. The van der Waals surface area contributed by atoms with Crippen LogP contribution in [0.1, 0.15) is 19.4 Å². The molecule has 2 rings (SSSR count). The molecular weight excluding hydrogens is 470 g/mol. The summed E-state index contributed by atoms with van der Waals surface area (Å²) in [6.07, 6.45) is 1.47. The number of methoxy groups -OCH3 is 1. The van der Waals surface area contributed by atoms with Crippen molar-refractivity contribution in [2.75, 3.05) is 20.3 Å². The number of carbonyl (C=O) groups excluding carboxylic acids is 3. The van der Waals surface area contributed by atoms with Crippen LogP contribution in [0.4, 0.5) is 4.79 Å². The molecule has 11 heteroatoms. The minimum atomic E-state index is -1.15. The van der Waals surface area contributed by atoms with E-state index in [4.69, 9.17) is 19.3 Å². The van der Waals surface area contributed by atoms with Gasteiger partial charge in [-0.25, -0.2) is 9.59 Å². The number of hydrogen-bond acceptors (Lipinski definition) is 8. The maximum atomic E-state index is 12.6. The molecule has 156 valence electrons. The fraction of sp³-hybridized carbons (Fsp3) is 0.333. The lowest BCUT2D eigenvalue weighted by molar-refractivity contribution is -0.150. The Balaban J connectivity index is 2.31. The fourth-order valence-corrected chi connectivity index (χ4v) is 3.91. The number of esters is 1. The molecule has 1 heterocycles. The topological polar surface area (TPSA) is 119 Å². The molecule has 1 aromatic carbocycles. The van der Waals surface area contributed by atoms with Crippen LogP contribution < -0.4 is 9.47 Å². The Labute approximate surface area is 179 Å². The van der Waals surface area contributed by atoms with Crippen molar-refractivity contribution in [2.24, 2.45) is 0 Å². The van der Waals surface area contributed by atoms with Gasteiger partial charge in [0, 0.05) is 0 Å². The average Bonchev–Trinajstić information content (AvgIpc) is 2.93. The highest BCUT2D eigenvalue weighted by Crippen LogP contribution is 2.39. The third-order valence-corrected chi connectivity index (χ3v) is 5.20. The zero-order chi connectivity index (χ0) is 21.7. The Hall–Kier alpha value is -2.53. The van der Waals surface area contributed by atoms with Crippen molar-refractivity contribution in [1.29, 1.82) is 0 Å². The van der Waals surface area contributed by atoms with Crippen molar-refractivity contribution in [2.45, 2.75) is 19.9 Å². The number of imide groups is 1. The van der Waals surface area contributed by atoms with Crippen molar-refractivity contribution >= 4 is 56.9 Å². The second-order valence-corrected chi connectivity index (χ2v) is 7.54. The molecular formula is C18H18BrNO8S. The van der Waals surface area contributed by atoms with E-state index in [-0.39, 0.29) is 23.0 Å². The summed E-state index contributed by atoms with van der Waals surface area (Å²) >= 11 is 3.98. The molecule has 1 atom stereocenters. The largest absolute Gasteiger partial charge is 0.493 e. The SMILES string of the molecule is CCOC(=O)C(C)N1C(=O)S/C(=C/c2cc(Br)c(OCC(=O)O)c(OC)c2)C1=O. The summed E-state index contributed by atoms with van der Waals surface area (Å²) < 4.78 is 15.7. The summed E-state index contributed by atoms with van der Waals surface area (Å²) in [6, 6.07) is 2.08. The standard InChI is InChI=1S/C18H18BrNO8S/c1-4-27-17(24)9(2)20-16(23)13(29-18(20)25)7-10-5-11(19)15(12(6-10)26-3)28-8-14(21)22/h5-7,9H,4,8H2,1-3H3,(H,21,22)/b13-7+. The number of thioether (sulfide) groups is 1. The van der Waals surface area contributed by atoms with Gasteiger partial charge < -0.3 is 19.3 Å². The minimum absolute atomic E-state index is 0.124. The number of aliphatic carboxylic acids is 1. The van der Waals surface area contributed by atoms with Gasteiger partial charge in [-0.3, -0.25) is 14.5 Å². The van der Waals surface area contributed by atoms with Gasteiger partial charge in [0.25, 0.3) is 11.1 Å². The average molecular weight is 488 g/mol. The second-order valence-electron chi connectivity index (χ2n) is 5.70. The van der Waals surface area contributed by atoms with Crippen LogP contribution in [0.3, 0.4) is 0 Å². The van der Waals surface area contributed by atoms with E-state index < -0.39 is 35.7 Å². The molecule has 29 heavy (non-hydrogen) atoms. The maximum absolute atomic E-state index is 12.6. The molecule has 1 fully saturated rings. The van der Waals surface area contributed by atoms with Crippen molar-refractivity contribution in [3.63, 3.8) is 0 Å². The monoisotopic (exact) mass is 487 g/mol. The quantitative estimate of drug-likeness (QED) is 0.435. The van der Waals surface area contributed by atoms with Gasteiger partial charge in [-0.05, 0) is 65.3 Å². The highest BCUT2D eigenvalue weighted by molar-refractivity contribution is 9.10. The predicted molar refractivity (Wildman–Crippen MR) is 108 cm³/mol. The first-order valence-corrected chi connectivity index (χ1v) is 9.96. The van der Waals surface area contributed by atoms with Crippen LogP contribution in [0, 0.1) is 0 Å². The zero-order valence-electron chi connectivity index (χ0n) is 15.8. The number of carbonyl (C=O) groups is 4. The number of ether oxygens (including phenoxy) is 3. The minimum Gasteiger partial charge on any atom is -0.493 e. The number of carboxylic acid groups (broad SMARTS) is 1. The maximum Gasteiger partial charge on any atom is 0.341 e. The molecule has 0 spiro atoms. The van der Waals surface area contributed by atoms with E-state index in [1.165, 1.54) is 26.2 Å². The Morgan fingerprint density at radius 2 is 2.03 bits per heavy atom. The van der Waals surface area contributed by atoms with Crippen LogP contribution in [-0.4, -0.2) is 59.5 Å². The molecule has 0 saturated carbocycles. The molecule has 0 aromatic heterocycles. The van der Waals surface area contributed by atoms with Gasteiger partial charge in [0.15, 0.2) is 18.1 Å². The van der Waals surface area contributed by atoms with Crippen molar-refractivity contribution in [3.8, 4) is 11.5 Å². The number of amides is 2. The molecule has 1 unspecified atom stereocenters. The summed E-state index contributed by atoms with van der Waals surface area (Å²) in [5.41, 5.74) is 0.505. The van der Waals surface area contributed by atoms with Crippen LogP contribution in [0.25, 0.3) is 6.08 Å². The smallest absolute Gasteiger partial charge is 0.341 e. The van der Waals surface area contributed by atoms with Crippen LogP contribution in [0.5, 0.6) is 11.5 Å². The van der Waals surface area contributed by atoms with E-state index in [0.717, 1.165) is 4.90 Å². The predicted octanol–water partition coefficient (Wildman–Crippen LogP) is 2.91. The first-order valence-electron chi connectivity index (χ1n) is 8.35. The third-order valence-electron chi connectivity index (χ3n) is 3.73. The van der Waals surface area contributed by atoms with Gasteiger partial charge in [-0.1, -0.05) is 0 Å². The van der Waals surface area contributed by atoms with Crippen molar-refractivity contribution in [1.82, 2.24) is 4.90 Å². The van der Waals surface area contributed by atoms with Crippen molar-refractivity contribution < 1.29 is 38.5 Å². The summed E-state index contributed by atoms with van der Waals surface area (Å²) in [5.74, 6) is -1.99. The Kier molecular flexibility index (Phi) is 7.68. The Morgan fingerprint density at radius 3 is 2.62 bits per heavy atom. The number of halogens is 1. The Bertz CT molecular complexity index is 885. The van der Waals surface area contributed by atoms with Crippen LogP contribution in [0.15, 0.2) is 21.5 Å². The van der Waals surface area contributed by atoms with Gasteiger partial charge in [0.2, 0.25) is 0 Å². The van der Waals surface area contributed by atoms with Crippen LogP contribution >= 0.6 is 27.7 Å².